The van der Waals surface area contributed by atoms with Crippen molar-refractivity contribution < 1.29 is 9.53 Å². The summed E-state index contributed by atoms with van der Waals surface area (Å²) < 4.78 is 5.52. The van der Waals surface area contributed by atoms with Gasteiger partial charge in [0.25, 0.3) is 0 Å². The third-order valence-corrected chi connectivity index (χ3v) is 6.16. The molecule has 4 nitrogen and oxygen atoms in total. The van der Waals surface area contributed by atoms with E-state index in [0.29, 0.717) is 13.1 Å². The molecule has 5 heteroatoms. The summed E-state index contributed by atoms with van der Waals surface area (Å²) in [6.07, 6.45) is -0.217. The van der Waals surface area contributed by atoms with Crippen molar-refractivity contribution in [2.24, 2.45) is 0 Å². The first kappa shape index (κ1) is 21.6. The molecule has 0 atom stereocenters. The van der Waals surface area contributed by atoms with Crippen LogP contribution in [0.2, 0.25) is 0 Å². The minimum atomic E-state index is -0.457. The molecule has 1 aliphatic rings. The summed E-state index contributed by atoms with van der Waals surface area (Å²) in [5.41, 5.74) is 4.63. The molecule has 0 spiro atoms. The van der Waals surface area contributed by atoms with Crippen molar-refractivity contribution in [1.29, 1.82) is 0 Å². The van der Waals surface area contributed by atoms with E-state index in [-0.39, 0.29) is 6.09 Å². The fourth-order valence-electron chi connectivity index (χ4n) is 3.45. The van der Waals surface area contributed by atoms with Crippen molar-refractivity contribution >= 4 is 23.5 Å². The topological polar surface area (TPSA) is 32.8 Å². The molecule has 0 aliphatic carbocycles. The molecule has 2 aromatic carbocycles. The Morgan fingerprint density at radius 1 is 0.897 bits per heavy atom. The van der Waals surface area contributed by atoms with E-state index in [0.717, 1.165) is 13.1 Å². The Morgan fingerprint density at radius 2 is 1.52 bits per heavy atom. The predicted octanol–water partition coefficient (Wildman–Crippen LogP) is 5.82. The summed E-state index contributed by atoms with van der Waals surface area (Å²) in [5.74, 6) is 0. The second-order valence-electron chi connectivity index (χ2n) is 8.80. The number of rotatable bonds is 3. The standard InChI is InChI=1S/C24H32N2O2S/c1-17-8-10-21(19(3)15-17)29-22-16-18(2)7-9-20(22)25-11-13-26(14-12-25)23(27)28-24(4,5)6/h7-10,15-16H,11-14H2,1-6H3. The molecule has 1 fully saturated rings. The molecule has 0 saturated carbocycles. The second-order valence-corrected chi connectivity index (χ2v) is 9.88. The molecular formula is C24H32N2O2S. The van der Waals surface area contributed by atoms with Gasteiger partial charge in [-0.05, 0) is 70.9 Å². The summed E-state index contributed by atoms with van der Waals surface area (Å²) in [4.78, 5) is 19.1. The Kier molecular flexibility index (Phi) is 6.47. The summed E-state index contributed by atoms with van der Waals surface area (Å²) in [7, 11) is 0. The van der Waals surface area contributed by atoms with Gasteiger partial charge in [0.2, 0.25) is 0 Å². The molecule has 156 valence electrons. The van der Waals surface area contributed by atoms with Crippen LogP contribution in [0.3, 0.4) is 0 Å². The SMILES string of the molecule is Cc1ccc(Sc2cc(C)ccc2N2CCN(C(=O)OC(C)(C)C)CC2)c(C)c1. The molecule has 29 heavy (non-hydrogen) atoms. The van der Waals surface area contributed by atoms with Crippen LogP contribution in [-0.2, 0) is 4.74 Å². The highest BCUT2D eigenvalue weighted by Gasteiger charge is 2.26. The van der Waals surface area contributed by atoms with Crippen molar-refractivity contribution in [3.05, 3.63) is 53.1 Å². The fraction of sp³-hybridized carbons (Fsp3) is 0.458. The largest absolute Gasteiger partial charge is 0.444 e. The molecule has 0 N–H and O–H groups in total. The smallest absolute Gasteiger partial charge is 0.410 e. The Morgan fingerprint density at radius 3 is 2.14 bits per heavy atom. The number of hydrogen-bond acceptors (Lipinski definition) is 4. The van der Waals surface area contributed by atoms with Crippen molar-refractivity contribution in [1.82, 2.24) is 4.90 Å². The quantitative estimate of drug-likeness (QED) is 0.636. The van der Waals surface area contributed by atoms with Gasteiger partial charge in [-0.2, -0.15) is 0 Å². The van der Waals surface area contributed by atoms with Gasteiger partial charge in [0.1, 0.15) is 5.60 Å². The number of benzene rings is 2. The van der Waals surface area contributed by atoms with Gasteiger partial charge in [0, 0.05) is 36.0 Å². The van der Waals surface area contributed by atoms with E-state index >= 15 is 0 Å². The summed E-state index contributed by atoms with van der Waals surface area (Å²) in [5, 5.41) is 0. The highest BCUT2D eigenvalue weighted by atomic mass is 32.2. The Hall–Kier alpha value is -2.14. The number of anilines is 1. The first-order valence-electron chi connectivity index (χ1n) is 10.2. The van der Waals surface area contributed by atoms with Crippen molar-refractivity contribution in [3.63, 3.8) is 0 Å². The van der Waals surface area contributed by atoms with Gasteiger partial charge in [-0.1, -0.05) is 35.5 Å². The summed E-state index contributed by atoms with van der Waals surface area (Å²) >= 11 is 1.83. The summed E-state index contributed by atoms with van der Waals surface area (Å²) in [6.45, 7) is 15.1. The lowest BCUT2D eigenvalue weighted by atomic mass is 10.2. The van der Waals surface area contributed by atoms with Gasteiger partial charge in [0.15, 0.2) is 0 Å². The molecule has 2 aromatic rings. The van der Waals surface area contributed by atoms with Crippen LogP contribution in [0.1, 0.15) is 37.5 Å². The van der Waals surface area contributed by atoms with E-state index in [1.165, 1.54) is 32.2 Å². The second kappa shape index (κ2) is 8.70. The minimum Gasteiger partial charge on any atom is -0.444 e. The summed E-state index contributed by atoms with van der Waals surface area (Å²) in [6, 6.07) is 13.3. The minimum absolute atomic E-state index is 0.217. The van der Waals surface area contributed by atoms with E-state index in [1.807, 2.05) is 37.4 Å². The molecule has 1 heterocycles. The first-order chi connectivity index (χ1) is 13.6. The van der Waals surface area contributed by atoms with E-state index < -0.39 is 5.60 Å². The lowest BCUT2D eigenvalue weighted by molar-refractivity contribution is 0.0240. The number of carbonyl (C=O) groups excluding carboxylic acids is 1. The number of carbonyl (C=O) groups is 1. The van der Waals surface area contributed by atoms with E-state index in [1.54, 1.807) is 0 Å². The third-order valence-electron chi connectivity index (χ3n) is 4.94. The van der Waals surface area contributed by atoms with Gasteiger partial charge >= 0.3 is 6.09 Å². The normalized spacial score (nSPS) is 14.8. The maximum Gasteiger partial charge on any atom is 0.410 e. The van der Waals surface area contributed by atoms with E-state index in [2.05, 4.69) is 62.1 Å². The van der Waals surface area contributed by atoms with Gasteiger partial charge in [-0.25, -0.2) is 4.79 Å². The zero-order valence-electron chi connectivity index (χ0n) is 18.4. The Bertz CT molecular complexity index is 881. The molecule has 0 aromatic heterocycles. The van der Waals surface area contributed by atoms with Crippen molar-refractivity contribution in [2.45, 2.75) is 56.9 Å². The average molecular weight is 413 g/mol. The lowest BCUT2D eigenvalue weighted by Gasteiger charge is -2.37. The van der Waals surface area contributed by atoms with Crippen LogP contribution in [0, 0.1) is 20.8 Å². The van der Waals surface area contributed by atoms with Crippen LogP contribution in [0.4, 0.5) is 10.5 Å². The van der Waals surface area contributed by atoms with Gasteiger partial charge < -0.3 is 14.5 Å². The third kappa shape index (κ3) is 5.69. The molecular weight excluding hydrogens is 380 g/mol. The zero-order valence-corrected chi connectivity index (χ0v) is 19.2. The van der Waals surface area contributed by atoms with Gasteiger partial charge in [-0.15, -0.1) is 0 Å². The Labute approximate surface area is 179 Å². The van der Waals surface area contributed by atoms with Crippen LogP contribution in [-0.4, -0.2) is 42.8 Å². The van der Waals surface area contributed by atoms with Gasteiger partial charge in [0.05, 0.1) is 5.69 Å². The monoisotopic (exact) mass is 412 g/mol. The molecule has 0 unspecified atom stereocenters. The van der Waals surface area contributed by atoms with E-state index in [9.17, 15) is 4.79 Å². The number of ether oxygens (including phenoxy) is 1. The molecule has 1 aliphatic heterocycles. The maximum absolute atomic E-state index is 12.4. The van der Waals surface area contributed by atoms with Crippen LogP contribution in [0.5, 0.6) is 0 Å². The zero-order chi connectivity index (χ0) is 21.2. The van der Waals surface area contributed by atoms with Crippen LogP contribution in [0.25, 0.3) is 0 Å². The van der Waals surface area contributed by atoms with Crippen molar-refractivity contribution in [3.8, 4) is 0 Å². The Balaban J connectivity index is 1.74. The fourth-order valence-corrected chi connectivity index (χ4v) is 4.59. The number of amides is 1. The van der Waals surface area contributed by atoms with Crippen LogP contribution >= 0.6 is 11.8 Å². The van der Waals surface area contributed by atoms with Crippen molar-refractivity contribution in [2.75, 3.05) is 31.1 Å². The molecule has 3 rings (SSSR count). The molecule has 1 saturated heterocycles. The molecule has 0 radical (unpaired) electrons. The maximum atomic E-state index is 12.4. The molecule has 1 amide bonds. The number of nitrogens with zero attached hydrogens (tertiary/aromatic N) is 2. The first-order valence-corrected chi connectivity index (χ1v) is 11.0. The molecule has 0 bridgehead atoms. The lowest BCUT2D eigenvalue weighted by Crippen LogP contribution is -2.50. The number of piperazine rings is 1. The highest BCUT2D eigenvalue weighted by Crippen LogP contribution is 2.38. The van der Waals surface area contributed by atoms with Gasteiger partial charge in [-0.3, -0.25) is 0 Å². The number of hydrogen-bond donors (Lipinski definition) is 0. The van der Waals surface area contributed by atoms with Crippen LogP contribution in [0.15, 0.2) is 46.2 Å². The highest BCUT2D eigenvalue weighted by molar-refractivity contribution is 7.99. The van der Waals surface area contributed by atoms with E-state index in [4.69, 9.17) is 4.74 Å². The predicted molar refractivity (Wildman–Crippen MR) is 121 cm³/mol. The number of aryl methyl sites for hydroxylation is 3. The average Bonchev–Trinajstić information content (AvgIpc) is 2.63. The van der Waals surface area contributed by atoms with Crippen LogP contribution < -0.4 is 4.90 Å².